The molecule has 8 heteroatoms. The van der Waals surface area contributed by atoms with Crippen LogP contribution in [0.2, 0.25) is 0 Å². The maximum Gasteiger partial charge on any atom is 0.296 e. The Morgan fingerprint density at radius 2 is 1.81 bits per heavy atom. The van der Waals surface area contributed by atoms with Gasteiger partial charge in [-0.2, -0.15) is 0 Å². The Morgan fingerprint density at radius 3 is 2.52 bits per heavy atom. The van der Waals surface area contributed by atoms with Gasteiger partial charge in [-0.15, -0.1) is 0 Å². The number of nitro groups is 1. The molecule has 1 aromatic heterocycles. The van der Waals surface area contributed by atoms with Gasteiger partial charge in [-0.25, -0.2) is 4.98 Å². The van der Waals surface area contributed by atoms with Gasteiger partial charge in [0.05, 0.1) is 34.9 Å². The van der Waals surface area contributed by atoms with Crippen LogP contribution < -0.4 is 10.1 Å². The number of halogens is 1. The maximum atomic E-state index is 13.2. The first-order chi connectivity index (χ1) is 15.0. The number of pyridine rings is 1. The first kappa shape index (κ1) is 20.5. The Balaban J connectivity index is 1.79. The van der Waals surface area contributed by atoms with E-state index in [1.165, 1.54) is 19.2 Å². The Hall–Kier alpha value is -3.78. The molecule has 0 aliphatic carbocycles. The highest BCUT2D eigenvalue weighted by atomic mass is 79.9. The highest BCUT2D eigenvalue weighted by Crippen LogP contribution is 2.31. The molecule has 0 aliphatic rings. The molecule has 4 rings (SSSR count). The van der Waals surface area contributed by atoms with Crippen molar-refractivity contribution in [2.24, 2.45) is 0 Å². The molecule has 0 radical (unpaired) electrons. The van der Waals surface area contributed by atoms with Gasteiger partial charge in [0.2, 0.25) is 0 Å². The quantitative estimate of drug-likeness (QED) is 0.288. The van der Waals surface area contributed by atoms with Crippen molar-refractivity contribution in [1.29, 1.82) is 0 Å². The fourth-order valence-corrected chi connectivity index (χ4v) is 3.48. The van der Waals surface area contributed by atoms with Gasteiger partial charge in [0.1, 0.15) is 11.4 Å². The predicted molar refractivity (Wildman–Crippen MR) is 122 cm³/mol. The van der Waals surface area contributed by atoms with E-state index in [-0.39, 0.29) is 11.4 Å². The summed E-state index contributed by atoms with van der Waals surface area (Å²) in [5.41, 5.74) is 2.33. The van der Waals surface area contributed by atoms with Crippen molar-refractivity contribution in [1.82, 2.24) is 4.98 Å². The number of anilines is 1. The normalized spacial score (nSPS) is 10.6. The topological polar surface area (TPSA) is 94.4 Å². The lowest BCUT2D eigenvalue weighted by Crippen LogP contribution is -2.14. The smallest absolute Gasteiger partial charge is 0.296 e. The van der Waals surface area contributed by atoms with E-state index in [0.717, 1.165) is 10.0 Å². The van der Waals surface area contributed by atoms with Crippen LogP contribution in [0.15, 0.2) is 77.3 Å². The van der Waals surface area contributed by atoms with Crippen LogP contribution in [-0.2, 0) is 0 Å². The van der Waals surface area contributed by atoms with E-state index in [4.69, 9.17) is 4.74 Å². The van der Waals surface area contributed by atoms with Gasteiger partial charge < -0.3 is 10.1 Å². The van der Waals surface area contributed by atoms with Crippen molar-refractivity contribution in [3.63, 3.8) is 0 Å². The molecule has 0 spiro atoms. The van der Waals surface area contributed by atoms with Crippen LogP contribution in [0.3, 0.4) is 0 Å². The summed E-state index contributed by atoms with van der Waals surface area (Å²) in [6, 6.07) is 20.8. The number of nitrogens with one attached hydrogen (secondary N) is 1. The second kappa shape index (κ2) is 8.53. The van der Waals surface area contributed by atoms with Gasteiger partial charge in [-0.3, -0.25) is 14.9 Å². The number of aromatic nitrogens is 1. The SMILES string of the molecule is COc1ccc(NC(=O)c2cc(-c3ccc(Br)cc3)nc3ccccc23)c([N+](=O)[O-])c1. The van der Waals surface area contributed by atoms with Crippen LogP contribution in [0.4, 0.5) is 11.4 Å². The van der Waals surface area contributed by atoms with E-state index in [1.54, 1.807) is 18.2 Å². The third-order valence-electron chi connectivity index (χ3n) is 4.75. The first-order valence-electron chi connectivity index (χ1n) is 9.26. The first-order valence-corrected chi connectivity index (χ1v) is 10.0. The standard InChI is InChI=1S/C23H16BrN3O4/c1-31-16-10-11-20(22(12-16)27(29)30)26-23(28)18-13-21(14-6-8-15(24)9-7-14)25-19-5-3-2-4-17(18)19/h2-13H,1H3,(H,26,28). The number of methoxy groups -OCH3 is 1. The van der Waals surface area contributed by atoms with Crippen molar-refractivity contribution < 1.29 is 14.5 Å². The average Bonchev–Trinajstić information content (AvgIpc) is 2.78. The zero-order valence-corrected chi connectivity index (χ0v) is 17.9. The third kappa shape index (κ3) is 4.24. The third-order valence-corrected chi connectivity index (χ3v) is 5.28. The number of fused-ring (bicyclic) bond motifs is 1. The van der Waals surface area contributed by atoms with Crippen molar-refractivity contribution in [2.45, 2.75) is 0 Å². The number of rotatable bonds is 5. The number of amides is 1. The Morgan fingerprint density at radius 1 is 1.06 bits per heavy atom. The molecule has 0 saturated carbocycles. The van der Waals surface area contributed by atoms with E-state index in [1.807, 2.05) is 42.5 Å². The molecule has 31 heavy (non-hydrogen) atoms. The number of ether oxygens (including phenoxy) is 1. The maximum absolute atomic E-state index is 13.2. The Kier molecular flexibility index (Phi) is 5.64. The van der Waals surface area contributed by atoms with Crippen LogP contribution in [0, 0.1) is 10.1 Å². The molecule has 0 unspecified atom stereocenters. The number of para-hydroxylation sites is 1. The van der Waals surface area contributed by atoms with E-state index < -0.39 is 10.8 Å². The summed E-state index contributed by atoms with van der Waals surface area (Å²) in [7, 11) is 1.42. The summed E-state index contributed by atoms with van der Waals surface area (Å²) >= 11 is 3.41. The fourth-order valence-electron chi connectivity index (χ4n) is 3.22. The zero-order valence-electron chi connectivity index (χ0n) is 16.3. The van der Waals surface area contributed by atoms with E-state index in [2.05, 4.69) is 26.2 Å². The molecule has 0 atom stereocenters. The lowest BCUT2D eigenvalue weighted by atomic mass is 10.0. The molecular formula is C23H16BrN3O4. The summed E-state index contributed by atoms with van der Waals surface area (Å²) in [5, 5.41) is 14.8. The minimum Gasteiger partial charge on any atom is -0.496 e. The summed E-state index contributed by atoms with van der Waals surface area (Å²) in [5.74, 6) is -0.137. The van der Waals surface area contributed by atoms with Crippen molar-refractivity contribution in [3.05, 3.63) is 92.9 Å². The highest BCUT2D eigenvalue weighted by molar-refractivity contribution is 9.10. The molecule has 3 aromatic carbocycles. The predicted octanol–water partition coefficient (Wildman–Crippen LogP) is 5.83. The van der Waals surface area contributed by atoms with Gasteiger partial charge in [0, 0.05) is 15.4 Å². The van der Waals surface area contributed by atoms with Gasteiger partial charge >= 0.3 is 0 Å². The van der Waals surface area contributed by atoms with Gasteiger partial charge in [0.15, 0.2) is 0 Å². The lowest BCUT2D eigenvalue weighted by molar-refractivity contribution is -0.384. The molecule has 0 bridgehead atoms. The number of carbonyl (C=O) groups excluding carboxylic acids is 1. The van der Waals surface area contributed by atoms with Crippen LogP contribution in [0.1, 0.15) is 10.4 Å². The Labute approximate surface area is 186 Å². The van der Waals surface area contributed by atoms with Crippen LogP contribution in [-0.4, -0.2) is 22.9 Å². The molecule has 0 fully saturated rings. The number of nitro benzene ring substituents is 1. The molecule has 1 N–H and O–H groups in total. The van der Waals surface area contributed by atoms with E-state index in [0.29, 0.717) is 27.9 Å². The molecular weight excluding hydrogens is 462 g/mol. The molecule has 0 aliphatic heterocycles. The number of benzene rings is 3. The van der Waals surface area contributed by atoms with Gasteiger partial charge in [0.25, 0.3) is 11.6 Å². The molecule has 1 amide bonds. The van der Waals surface area contributed by atoms with Crippen molar-refractivity contribution >= 4 is 44.1 Å². The fraction of sp³-hybridized carbons (Fsp3) is 0.0435. The number of hydrogen-bond acceptors (Lipinski definition) is 5. The highest BCUT2D eigenvalue weighted by Gasteiger charge is 2.20. The number of carbonyl (C=O) groups is 1. The summed E-state index contributed by atoms with van der Waals surface area (Å²) < 4.78 is 5.98. The van der Waals surface area contributed by atoms with E-state index >= 15 is 0 Å². The largest absolute Gasteiger partial charge is 0.496 e. The zero-order chi connectivity index (χ0) is 22.0. The number of hydrogen-bond donors (Lipinski definition) is 1. The van der Waals surface area contributed by atoms with Crippen LogP contribution in [0.25, 0.3) is 22.2 Å². The minimum absolute atomic E-state index is 0.0851. The van der Waals surface area contributed by atoms with Gasteiger partial charge in [-0.1, -0.05) is 46.3 Å². The molecule has 0 saturated heterocycles. The Bertz CT molecular complexity index is 1310. The number of nitrogens with zero attached hydrogens (tertiary/aromatic N) is 2. The molecule has 4 aromatic rings. The lowest BCUT2D eigenvalue weighted by Gasteiger charge is -2.11. The monoisotopic (exact) mass is 477 g/mol. The summed E-state index contributed by atoms with van der Waals surface area (Å²) in [6.07, 6.45) is 0. The van der Waals surface area contributed by atoms with Crippen molar-refractivity contribution in [3.8, 4) is 17.0 Å². The van der Waals surface area contributed by atoms with Crippen LogP contribution >= 0.6 is 15.9 Å². The van der Waals surface area contributed by atoms with E-state index in [9.17, 15) is 14.9 Å². The summed E-state index contributed by atoms with van der Waals surface area (Å²) in [6.45, 7) is 0. The second-order valence-corrected chi connectivity index (χ2v) is 7.59. The molecule has 154 valence electrons. The minimum atomic E-state index is -0.559. The second-order valence-electron chi connectivity index (χ2n) is 6.67. The molecule has 7 nitrogen and oxygen atoms in total. The van der Waals surface area contributed by atoms with Crippen LogP contribution in [0.5, 0.6) is 5.75 Å². The average molecular weight is 478 g/mol. The molecule has 1 heterocycles. The van der Waals surface area contributed by atoms with Gasteiger partial charge in [-0.05, 0) is 36.4 Å². The van der Waals surface area contributed by atoms with Crippen molar-refractivity contribution in [2.75, 3.05) is 12.4 Å². The summed E-state index contributed by atoms with van der Waals surface area (Å²) in [4.78, 5) is 28.8.